The summed E-state index contributed by atoms with van der Waals surface area (Å²) in [6, 6.07) is 10.5. The van der Waals surface area contributed by atoms with Gasteiger partial charge >= 0.3 is 0 Å². The summed E-state index contributed by atoms with van der Waals surface area (Å²) in [7, 11) is 0. The highest BCUT2D eigenvalue weighted by Gasteiger charge is 2.15. The summed E-state index contributed by atoms with van der Waals surface area (Å²) < 4.78 is 0. The van der Waals surface area contributed by atoms with Crippen LogP contribution >= 0.6 is 34.8 Å². The zero-order valence-electron chi connectivity index (χ0n) is 10.1. The molecule has 0 aliphatic carbocycles. The molecule has 0 fully saturated rings. The zero-order chi connectivity index (χ0) is 14.3. The minimum absolute atomic E-state index is 0.484. The summed E-state index contributed by atoms with van der Waals surface area (Å²) in [5.74, 6) is 0. The van der Waals surface area contributed by atoms with Gasteiger partial charge in [0.25, 0.3) is 0 Å². The second-order valence-corrected chi connectivity index (χ2v) is 5.63. The second-order valence-electron chi connectivity index (χ2n) is 4.35. The van der Waals surface area contributed by atoms with Crippen LogP contribution < -0.4 is 0 Å². The van der Waals surface area contributed by atoms with Crippen LogP contribution in [0.3, 0.4) is 0 Å². The number of carbonyl (C=O) groups is 1. The third-order valence-electron chi connectivity index (χ3n) is 3.12. The van der Waals surface area contributed by atoms with Gasteiger partial charge in [-0.2, -0.15) is 0 Å². The van der Waals surface area contributed by atoms with Crippen LogP contribution in [0.2, 0.25) is 15.1 Å². The van der Waals surface area contributed by atoms with Crippen LogP contribution in [0, 0.1) is 0 Å². The van der Waals surface area contributed by atoms with Crippen LogP contribution in [0.25, 0.3) is 22.2 Å². The number of aromatic nitrogens is 1. The van der Waals surface area contributed by atoms with Crippen LogP contribution in [0.4, 0.5) is 0 Å². The van der Waals surface area contributed by atoms with Crippen molar-refractivity contribution in [3.63, 3.8) is 0 Å². The van der Waals surface area contributed by atoms with Gasteiger partial charge in [0.2, 0.25) is 0 Å². The van der Waals surface area contributed by atoms with Crippen LogP contribution in [0.5, 0.6) is 0 Å². The number of nitrogens with one attached hydrogen (secondary N) is 1. The molecule has 20 heavy (non-hydrogen) atoms. The van der Waals surface area contributed by atoms with Crippen LogP contribution in [0.1, 0.15) is 10.4 Å². The smallest absolute Gasteiger partial charge is 0.152 e. The van der Waals surface area contributed by atoms with Crippen molar-refractivity contribution < 1.29 is 4.79 Å². The molecule has 0 radical (unpaired) electrons. The van der Waals surface area contributed by atoms with Gasteiger partial charge in [0, 0.05) is 32.1 Å². The van der Waals surface area contributed by atoms with Crippen LogP contribution in [0.15, 0.2) is 36.4 Å². The number of aldehydes is 1. The second kappa shape index (κ2) is 5.13. The molecule has 1 N–H and O–H groups in total. The molecule has 3 rings (SSSR count). The number of hydrogen-bond donors (Lipinski definition) is 1. The maximum atomic E-state index is 11.4. The molecule has 100 valence electrons. The Kier molecular flexibility index (Phi) is 3.47. The number of aromatic amines is 1. The summed E-state index contributed by atoms with van der Waals surface area (Å²) in [5, 5.41) is 2.38. The number of fused-ring (bicyclic) bond motifs is 1. The Labute approximate surface area is 130 Å². The molecule has 0 saturated carbocycles. The van der Waals surface area contributed by atoms with Crippen molar-refractivity contribution in [1.82, 2.24) is 4.98 Å². The summed E-state index contributed by atoms with van der Waals surface area (Å²) in [6.07, 6.45) is 0.801. The number of benzene rings is 2. The van der Waals surface area contributed by atoms with E-state index < -0.39 is 0 Å². The Bertz CT molecular complexity index is 823. The van der Waals surface area contributed by atoms with E-state index in [-0.39, 0.29) is 0 Å². The monoisotopic (exact) mass is 323 g/mol. The fraction of sp³-hybridized carbons (Fsp3) is 0. The number of H-pyrrole nitrogens is 1. The van der Waals surface area contributed by atoms with E-state index in [0.717, 1.165) is 22.8 Å². The van der Waals surface area contributed by atoms with E-state index in [1.54, 1.807) is 30.3 Å². The van der Waals surface area contributed by atoms with Crippen molar-refractivity contribution in [2.75, 3.05) is 0 Å². The SMILES string of the molecule is O=Cc1c(-c2ccc(Cl)cc2Cl)[nH]c2ccc(Cl)cc12. The predicted octanol–water partition coefficient (Wildman–Crippen LogP) is 5.61. The summed E-state index contributed by atoms with van der Waals surface area (Å²) >= 11 is 18.1. The molecule has 0 spiro atoms. The highest BCUT2D eigenvalue weighted by Crippen LogP contribution is 2.35. The van der Waals surface area contributed by atoms with Gasteiger partial charge in [-0.05, 0) is 36.4 Å². The molecule has 0 saturated heterocycles. The Balaban J connectivity index is 2.33. The highest BCUT2D eigenvalue weighted by atomic mass is 35.5. The fourth-order valence-electron chi connectivity index (χ4n) is 2.21. The number of carbonyl (C=O) groups excluding carboxylic acids is 1. The molecular formula is C15H8Cl3NO. The molecule has 5 heteroatoms. The molecule has 0 bridgehead atoms. The molecule has 2 nitrogen and oxygen atoms in total. The van der Waals surface area contributed by atoms with Gasteiger partial charge in [-0.3, -0.25) is 4.79 Å². The first kappa shape index (κ1) is 13.5. The Morgan fingerprint density at radius 2 is 1.65 bits per heavy atom. The van der Waals surface area contributed by atoms with E-state index in [2.05, 4.69) is 4.98 Å². The van der Waals surface area contributed by atoms with Gasteiger partial charge in [0.05, 0.1) is 10.7 Å². The molecule has 1 heterocycles. The lowest BCUT2D eigenvalue weighted by Crippen LogP contribution is -1.85. The zero-order valence-corrected chi connectivity index (χ0v) is 12.4. The van der Waals surface area contributed by atoms with Gasteiger partial charge in [-0.25, -0.2) is 0 Å². The standard InChI is InChI=1S/C15H8Cl3NO/c16-8-2-4-14-11(5-8)12(7-20)15(19-14)10-3-1-9(17)6-13(10)18/h1-7,19H. The van der Waals surface area contributed by atoms with Crippen molar-refractivity contribution >= 4 is 52.0 Å². The van der Waals surface area contributed by atoms with Crippen molar-refractivity contribution in [2.24, 2.45) is 0 Å². The summed E-state index contributed by atoms with van der Waals surface area (Å²) in [6.45, 7) is 0. The molecule has 0 aliphatic rings. The summed E-state index contributed by atoms with van der Waals surface area (Å²) in [5.41, 5.74) is 2.76. The van der Waals surface area contributed by atoms with Crippen molar-refractivity contribution in [3.8, 4) is 11.3 Å². The first-order valence-electron chi connectivity index (χ1n) is 5.82. The average Bonchev–Trinajstić information content (AvgIpc) is 2.76. The molecule has 0 amide bonds. The van der Waals surface area contributed by atoms with Crippen molar-refractivity contribution in [3.05, 3.63) is 57.0 Å². The van der Waals surface area contributed by atoms with Gasteiger partial charge < -0.3 is 4.98 Å². The van der Waals surface area contributed by atoms with Crippen LogP contribution in [-0.4, -0.2) is 11.3 Å². The van der Waals surface area contributed by atoms with Crippen molar-refractivity contribution in [1.29, 1.82) is 0 Å². The first-order valence-corrected chi connectivity index (χ1v) is 6.95. The molecule has 0 unspecified atom stereocenters. The molecule has 1 aromatic heterocycles. The lowest BCUT2D eigenvalue weighted by atomic mass is 10.1. The number of rotatable bonds is 2. The first-order chi connectivity index (χ1) is 9.60. The van der Waals surface area contributed by atoms with Gasteiger partial charge in [0.1, 0.15) is 0 Å². The molecule has 2 aromatic carbocycles. The average molecular weight is 325 g/mol. The van der Waals surface area contributed by atoms with Crippen molar-refractivity contribution in [2.45, 2.75) is 0 Å². The van der Waals surface area contributed by atoms with E-state index in [1.165, 1.54) is 0 Å². The highest BCUT2D eigenvalue weighted by molar-refractivity contribution is 6.36. The Morgan fingerprint density at radius 3 is 2.35 bits per heavy atom. The molecular weight excluding hydrogens is 317 g/mol. The third kappa shape index (κ3) is 2.20. The quantitative estimate of drug-likeness (QED) is 0.611. The number of hydrogen-bond acceptors (Lipinski definition) is 1. The fourth-order valence-corrected chi connectivity index (χ4v) is 2.89. The van der Waals surface area contributed by atoms with E-state index >= 15 is 0 Å². The largest absolute Gasteiger partial charge is 0.354 e. The summed E-state index contributed by atoms with van der Waals surface area (Å²) in [4.78, 5) is 14.6. The molecule has 0 aliphatic heterocycles. The maximum Gasteiger partial charge on any atom is 0.152 e. The van der Waals surface area contributed by atoms with Gasteiger partial charge in [-0.1, -0.05) is 34.8 Å². The lowest BCUT2D eigenvalue weighted by molar-refractivity contribution is 0.112. The van der Waals surface area contributed by atoms with Gasteiger partial charge in [0.15, 0.2) is 6.29 Å². The third-order valence-corrected chi connectivity index (χ3v) is 3.90. The van der Waals surface area contributed by atoms with E-state index in [1.807, 2.05) is 6.07 Å². The number of halogens is 3. The maximum absolute atomic E-state index is 11.4. The molecule has 0 atom stereocenters. The lowest BCUT2D eigenvalue weighted by Gasteiger charge is -2.03. The van der Waals surface area contributed by atoms with E-state index in [4.69, 9.17) is 34.8 Å². The topological polar surface area (TPSA) is 32.9 Å². The minimum atomic E-state index is 0.484. The Morgan fingerprint density at radius 1 is 0.950 bits per heavy atom. The minimum Gasteiger partial charge on any atom is -0.354 e. The molecule has 3 aromatic rings. The normalized spacial score (nSPS) is 10.9. The van der Waals surface area contributed by atoms with Gasteiger partial charge in [-0.15, -0.1) is 0 Å². The van der Waals surface area contributed by atoms with Crippen LogP contribution in [-0.2, 0) is 0 Å². The Hall–Kier alpha value is -1.48. The van der Waals surface area contributed by atoms with E-state index in [0.29, 0.717) is 26.3 Å². The van der Waals surface area contributed by atoms with E-state index in [9.17, 15) is 4.79 Å². The predicted molar refractivity (Wildman–Crippen MR) is 84.2 cm³/mol.